The number of rotatable bonds is 8. The molecule has 120 valence electrons. The third-order valence-corrected chi connectivity index (χ3v) is 6.52. The Balaban J connectivity index is 1.87. The SMILES string of the molecule is CCCNCc1cc(S(=O)(=O)NCC2CCC(C)C2)cs1. The van der Waals surface area contributed by atoms with Crippen LogP contribution >= 0.6 is 11.3 Å². The highest BCUT2D eigenvalue weighted by molar-refractivity contribution is 7.89. The van der Waals surface area contributed by atoms with Gasteiger partial charge in [-0.15, -0.1) is 11.3 Å². The molecule has 0 aliphatic heterocycles. The predicted molar refractivity (Wildman–Crippen MR) is 88.0 cm³/mol. The molecule has 0 spiro atoms. The summed E-state index contributed by atoms with van der Waals surface area (Å²) in [7, 11) is -3.34. The summed E-state index contributed by atoms with van der Waals surface area (Å²) >= 11 is 1.50. The van der Waals surface area contributed by atoms with Crippen LogP contribution in [-0.4, -0.2) is 21.5 Å². The molecule has 0 saturated heterocycles. The molecule has 1 aromatic heterocycles. The maximum absolute atomic E-state index is 12.3. The van der Waals surface area contributed by atoms with Gasteiger partial charge in [-0.3, -0.25) is 0 Å². The second kappa shape index (κ2) is 7.72. The van der Waals surface area contributed by atoms with Crippen molar-refractivity contribution in [2.45, 2.75) is 51.0 Å². The molecular weight excluding hydrogens is 304 g/mol. The molecule has 0 bridgehead atoms. The zero-order valence-corrected chi connectivity index (χ0v) is 14.5. The van der Waals surface area contributed by atoms with Crippen molar-refractivity contribution in [1.29, 1.82) is 0 Å². The Kier molecular flexibility index (Phi) is 6.22. The highest BCUT2D eigenvalue weighted by Crippen LogP contribution is 2.30. The van der Waals surface area contributed by atoms with E-state index in [9.17, 15) is 8.42 Å². The van der Waals surface area contributed by atoms with Gasteiger partial charge in [-0.1, -0.05) is 20.3 Å². The van der Waals surface area contributed by atoms with Gasteiger partial charge in [0.15, 0.2) is 0 Å². The molecule has 0 aromatic carbocycles. The van der Waals surface area contributed by atoms with E-state index in [0.29, 0.717) is 17.4 Å². The fourth-order valence-corrected chi connectivity index (χ4v) is 5.16. The number of hydrogen-bond donors (Lipinski definition) is 2. The second-order valence-electron chi connectivity index (χ2n) is 6.06. The molecule has 1 saturated carbocycles. The quantitative estimate of drug-likeness (QED) is 0.721. The topological polar surface area (TPSA) is 58.2 Å². The van der Waals surface area contributed by atoms with Crippen molar-refractivity contribution in [3.05, 3.63) is 16.3 Å². The van der Waals surface area contributed by atoms with Crippen LogP contribution in [0.2, 0.25) is 0 Å². The molecule has 1 fully saturated rings. The smallest absolute Gasteiger partial charge is 0.241 e. The molecule has 1 heterocycles. The fraction of sp³-hybridized carbons (Fsp3) is 0.733. The molecule has 2 N–H and O–H groups in total. The molecule has 1 aliphatic carbocycles. The van der Waals surface area contributed by atoms with Crippen molar-refractivity contribution >= 4 is 21.4 Å². The molecule has 2 unspecified atom stereocenters. The lowest BCUT2D eigenvalue weighted by Crippen LogP contribution is -2.28. The van der Waals surface area contributed by atoms with Gasteiger partial charge >= 0.3 is 0 Å². The highest BCUT2D eigenvalue weighted by Gasteiger charge is 2.24. The highest BCUT2D eigenvalue weighted by atomic mass is 32.2. The lowest BCUT2D eigenvalue weighted by Gasteiger charge is -2.10. The number of nitrogens with one attached hydrogen (secondary N) is 2. The Bertz CT molecular complexity index is 540. The number of thiophene rings is 1. The van der Waals surface area contributed by atoms with Gasteiger partial charge in [-0.25, -0.2) is 13.1 Å². The zero-order chi connectivity index (χ0) is 15.3. The summed E-state index contributed by atoms with van der Waals surface area (Å²) in [5.41, 5.74) is 0. The Morgan fingerprint density at radius 2 is 2.19 bits per heavy atom. The molecule has 2 atom stereocenters. The Morgan fingerprint density at radius 1 is 1.38 bits per heavy atom. The van der Waals surface area contributed by atoms with E-state index in [-0.39, 0.29) is 0 Å². The third-order valence-electron chi connectivity index (χ3n) is 4.03. The molecule has 0 radical (unpaired) electrons. The van der Waals surface area contributed by atoms with Gasteiger partial charge in [0.25, 0.3) is 0 Å². The van der Waals surface area contributed by atoms with Gasteiger partial charge in [0.05, 0.1) is 4.90 Å². The maximum Gasteiger partial charge on any atom is 0.241 e. The van der Waals surface area contributed by atoms with Crippen molar-refractivity contribution in [1.82, 2.24) is 10.0 Å². The molecule has 21 heavy (non-hydrogen) atoms. The Morgan fingerprint density at radius 3 is 2.86 bits per heavy atom. The van der Waals surface area contributed by atoms with E-state index in [0.717, 1.165) is 43.1 Å². The van der Waals surface area contributed by atoms with E-state index in [1.54, 1.807) is 11.4 Å². The summed E-state index contributed by atoms with van der Waals surface area (Å²) in [4.78, 5) is 1.48. The van der Waals surface area contributed by atoms with E-state index < -0.39 is 10.0 Å². The van der Waals surface area contributed by atoms with E-state index in [2.05, 4.69) is 23.9 Å². The van der Waals surface area contributed by atoms with Gasteiger partial charge < -0.3 is 5.32 Å². The van der Waals surface area contributed by atoms with Crippen molar-refractivity contribution in [2.24, 2.45) is 11.8 Å². The first-order valence-corrected chi connectivity index (χ1v) is 10.2. The van der Waals surface area contributed by atoms with Gasteiger partial charge in [-0.05, 0) is 43.7 Å². The van der Waals surface area contributed by atoms with Crippen LogP contribution in [0.25, 0.3) is 0 Å². The largest absolute Gasteiger partial charge is 0.312 e. The number of sulfonamides is 1. The molecule has 6 heteroatoms. The monoisotopic (exact) mass is 330 g/mol. The van der Waals surface area contributed by atoms with E-state index in [4.69, 9.17) is 0 Å². The normalized spacial score (nSPS) is 22.8. The van der Waals surface area contributed by atoms with Crippen LogP contribution in [0, 0.1) is 11.8 Å². The Hall–Kier alpha value is -0.430. The molecular formula is C15H26N2O2S2. The molecule has 1 aromatic rings. The first kappa shape index (κ1) is 16.9. The first-order valence-electron chi connectivity index (χ1n) is 7.79. The van der Waals surface area contributed by atoms with Crippen LogP contribution in [0.5, 0.6) is 0 Å². The van der Waals surface area contributed by atoms with Crippen LogP contribution in [-0.2, 0) is 16.6 Å². The van der Waals surface area contributed by atoms with Crippen LogP contribution in [0.1, 0.15) is 44.4 Å². The average Bonchev–Trinajstić information content (AvgIpc) is 3.06. The summed E-state index contributed by atoms with van der Waals surface area (Å²) in [5, 5.41) is 5.03. The lowest BCUT2D eigenvalue weighted by molar-refractivity contribution is 0.498. The summed E-state index contributed by atoms with van der Waals surface area (Å²) in [6, 6.07) is 1.78. The third kappa shape index (κ3) is 5.06. The zero-order valence-electron chi connectivity index (χ0n) is 12.9. The van der Waals surface area contributed by atoms with Gasteiger partial charge in [0.2, 0.25) is 10.0 Å². The predicted octanol–water partition coefficient (Wildman–Crippen LogP) is 2.96. The Labute approximate surface area is 132 Å². The molecule has 4 nitrogen and oxygen atoms in total. The van der Waals surface area contributed by atoms with Crippen LogP contribution in [0.4, 0.5) is 0 Å². The average molecular weight is 331 g/mol. The van der Waals surface area contributed by atoms with Crippen LogP contribution in [0.3, 0.4) is 0 Å². The fourth-order valence-electron chi connectivity index (χ4n) is 2.80. The summed E-state index contributed by atoms with van der Waals surface area (Å²) < 4.78 is 27.4. The summed E-state index contributed by atoms with van der Waals surface area (Å²) in [5.74, 6) is 1.23. The van der Waals surface area contributed by atoms with Gasteiger partial charge in [0, 0.05) is 23.3 Å². The van der Waals surface area contributed by atoms with E-state index in [1.165, 1.54) is 17.8 Å². The van der Waals surface area contributed by atoms with E-state index in [1.807, 2.05) is 0 Å². The molecule has 0 amide bonds. The lowest BCUT2D eigenvalue weighted by atomic mass is 10.1. The van der Waals surface area contributed by atoms with Crippen LogP contribution < -0.4 is 10.0 Å². The standard InChI is InChI=1S/C15H26N2O2S2/c1-3-6-16-10-14-8-15(11-20-14)21(18,19)17-9-13-5-4-12(2)7-13/h8,11-13,16-17H,3-7,9-10H2,1-2H3. The van der Waals surface area contributed by atoms with Crippen molar-refractivity contribution in [2.75, 3.05) is 13.1 Å². The minimum absolute atomic E-state index is 0.409. The van der Waals surface area contributed by atoms with Crippen LogP contribution in [0.15, 0.2) is 16.3 Å². The number of hydrogen-bond acceptors (Lipinski definition) is 4. The maximum atomic E-state index is 12.3. The van der Waals surface area contributed by atoms with E-state index >= 15 is 0 Å². The van der Waals surface area contributed by atoms with Gasteiger partial charge in [-0.2, -0.15) is 0 Å². The van der Waals surface area contributed by atoms with Gasteiger partial charge in [0.1, 0.15) is 0 Å². The first-order chi connectivity index (χ1) is 10.0. The summed E-state index contributed by atoms with van der Waals surface area (Å²) in [6.45, 7) is 6.63. The minimum Gasteiger partial charge on any atom is -0.312 e. The van der Waals surface area contributed by atoms with Crippen molar-refractivity contribution < 1.29 is 8.42 Å². The molecule has 1 aliphatic rings. The van der Waals surface area contributed by atoms with Crippen molar-refractivity contribution in [3.63, 3.8) is 0 Å². The second-order valence-corrected chi connectivity index (χ2v) is 8.82. The summed E-state index contributed by atoms with van der Waals surface area (Å²) in [6.07, 6.45) is 4.58. The molecule has 2 rings (SSSR count). The minimum atomic E-state index is -3.34. The van der Waals surface area contributed by atoms with Crippen molar-refractivity contribution in [3.8, 4) is 0 Å².